The highest BCUT2D eigenvalue weighted by Crippen LogP contribution is 2.47. The molecule has 1 aromatic rings. The molecule has 2 fully saturated rings. The molecule has 1 N–H and O–H groups in total. The predicted octanol–water partition coefficient (Wildman–Crippen LogP) is 3.60. The van der Waals surface area contributed by atoms with Crippen LogP contribution in [0.25, 0.3) is 0 Å². The fraction of sp³-hybridized carbons (Fsp3) is 0.467. The van der Waals surface area contributed by atoms with E-state index in [1.807, 2.05) is 18.3 Å². The van der Waals surface area contributed by atoms with Crippen molar-refractivity contribution in [2.75, 3.05) is 0 Å². The number of carbonyl (C=O) groups excluding carboxylic acids is 1. The van der Waals surface area contributed by atoms with Crippen molar-refractivity contribution in [2.45, 2.75) is 25.7 Å². The predicted molar refractivity (Wildman–Crippen MR) is 79.0 cm³/mol. The standard InChI is InChI=1S/C15H17BrN2O/c16-14-3-1-2-12(8-14)15(19)18-17-9-13-7-10-4-5-11(13)6-10/h1-3,8-11,13H,4-7H2,(H,18,19)/b17-9+/t10-,11+,13-/m0/s1. The largest absolute Gasteiger partial charge is 0.271 e. The fourth-order valence-corrected chi connectivity index (χ4v) is 3.76. The number of amides is 1. The summed E-state index contributed by atoms with van der Waals surface area (Å²) in [5.74, 6) is 2.13. The van der Waals surface area contributed by atoms with Gasteiger partial charge in [-0.15, -0.1) is 0 Å². The van der Waals surface area contributed by atoms with Crippen molar-refractivity contribution in [2.24, 2.45) is 22.9 Å². The lowest BCUT2D eigenvalue weighted by molar-refractivity contribution is 0.0954. The molecule has 0 aliphatic heterocycles. The van der Waals surface area contributed by atoms with Crippen LogP contribution in [0.4, 0.5) is 0 Å². The molecule has 0 spiro atoms. The molecule has 0 unspecified atom stereocenters. The molecule has 0 radical (unpaired) electrons. The number of hydrogen-bond acceptors (Lipinski definition) is 2. The van der Waals surface area contributed by atoms with E-state index < -0.39 is 0 Å². The molecule has 3 rings (SSSR count). The Kier molecular flexibility index (Phi) is 3.69. The molecule has 0 heterocycles. The maximum atomic E-state index is 11.9. The SMILES string of the molecule is O=C(N/N=C/[C@@H]1C[C@H]2CC[C@@H]1C2)c1cccc(Br)c1. The van der Waals surface area contributed by atoms with E-state index in [-0.39, 0.29) is 5.91 Å². The molecule has 100 valence electrons. The van der Waals surface area contributed by atoms with Crippen molar-refractivity contribution in [3.8, 4) is 0 Å². The minimum atomic E-state index is -0.152. The van der Waals surface area contributed by atoms with Crippen LogP contribution in [-0.2, 0) is 0 Å². The Bertz CT molecular complexity index is 515. The maximum absolute atomic E-state index is 11.9. The monoisotopic (exact) mass is 320 g/mol. The van der Waals surface area contributed by atoms with E-state index >= 15 is 0 Å². The molecule has 1 aromatic carbocycles. The number of hydrogen-bond donors (Lipinski definition) is 1. The molecule has 4 heteroatoms. The number of carbonyl (C=O) groups is 1. The Morgan fingerprint density at radius 1 is 1.37 bits per heavy atom. The molecule has 0 saturated heterocycles. The van der Waals surface area contributed by atoms with E-state index in [1.54, 1.807) is 12.1 Å². The Morgan fingerprint density at radius 3 is 2.95 bits per heavy atom. The van der Waals surface area contributed by atoms with Crippen LogP contribution >= 0.6 is 15.9 Å². The zero-order valence-electron chi connectivity index (χ0n) is 10.7. The van der Waals surface area contributed by atoms with Crippen LogP contribution in [0.1, 0.15) is 36.0 Å². The van der Waals surface area contributed by atoms with Crippen LogP contribution in [0.15, 0.2) is 33.8 Å². The molecule has 2 saturated carbocycles. The van der Waals surface area contributed by atoms with Crippen LogP contribution < -0.4 is 5.43 Å². The quantitative estimate of drug-likeness (QED) is 0.671. The van der Waals surface area contributed by atoms with Gasteiger partial charge < -0.3 is 0 Å². The van der Waals surface area contributed by atoms with Gasteiger partial charge in [-0.1, -0.05) is 28.4 Å². The third-order valence-corrected chi connectivity index (χ3v) is 4.80. The number of rotatable bonds is 3. The van der Waals surface area contributed by atoms with Gasteiger partial charge in [0.1, 0.15) is 0 Å². The first-order chi connectivity index (χ1) is 9.22. The minimum Gasteiger partial charge on any atom is -0.267 e. The van der Waals surface area contributed by atoms with Gasteiger partial charge in [0.25, 0.3) is 5.91 Å². The first kappa shape index (κ1) is 12.9. The zero-order valence-corrected chi connectivity index (χ0v) is 12.3. The van der Waals surface area contributed by atoms with Gasteiger partial charge in [-0.25, -0.2) is 5.43 Å². The first-order valence-corrected chi connectivity index (χ1v) is 7.61. The summed E-state index contributed by atoms with van der Waals surface area (Å²) in [5.41, 5.74) is 3.25. The van der Waals surface area contributed by atoms with Crippen molar-refractivity contribution < 1.29 is 4.79 Å². The van der Waals surface area contributed by atoms with E-state index in [0.29, 0.717) is 11.5 Å². The average Bonchev–Trinajstić information content (AvgIpc) is 3.01. The molecular formula is C15H17BrN2O. The molecule has 2 aliphatic rings. The highest BCUT2D eigenvalue weighted by Gasteiger charge is 2.38. The van der Waals surface area contributed by atoms with Crippen LogP contribution in [0.3, 0.4) is 0 Å². The average molecular weight is 321 g/mol. The Balaban J connectivity index is 1.56. The van der Waals surface area contributed by atoms with Crippen LogP contribution in [0.2, 0.25) is 0 Å². The summed E-state index contributed by atoms with van der Waals surface area (Å²) in [7, 11) is 0. The summed E-state index contributed by atoms with van der Waals surface area (Å²) < 4.78 is 0.900. The van der Waals surface area contributed by atoms with Crippen LogP contribution in [0, 0.1) is 17.8 Å². The second-order valence-electron chi connectivity index (χ2n) is 5.57. The third kappa shape index (κ3) is 2.89. The summed E-state index contributed by atoms with van der Waals surface area (Å²) in [4.78, 5) is 11.9. The van der Waals surface area contributed by atoms with Gasteiger partial charge in [-0.05, 0) is 55.2 Å². The summed E-state index contributed by atoms with van der Waals surface area (Å²) >= 11 is 3.36. The van der Waals surface area contributed by atoms with Crippen molar-refractivity contribution >= 4 is 28.1 Å². The number of halogens is 1. The zero-order chi connectivity index (χ0) is 13.2. The molecule has 0 aromatic heterocycles. The summed E-state index contributed by atoms with van der Waals surface area (Å²) in [6.07, 6.45) is 7.28. The molecule has 2 bridgehead atoms. The topological polar surface area (TPSA) is 41.5 Å². The number of fused-ring (bicyclic) bond motifs is 2. The summed E-state index contributed by atoms with van der Waals surface area (Å²) in [6, 6.07) is 7.32. The fourth-order valence-electron chi connectivity index (χ4n) is 3.36. The molecule has 3 atom stereocenters. The normalized spacial score (nSPS) is 29.0. The molecule has 3 nitrogen and oxygen atoms in total. The van der Waals surface area contributed by atoms with E-state index in [4.69, 9.17) is 0 Å². The molecular weight excluding hydrogens is 304 g/mol. The lowest BCUT2D eigenvalue weighted by Gasteiger charge is -2.16. The van der Waals surface area contributed by atoms with E-state index in [0.717, 1.165) is 16.3 Å². The van der Waals surface area contributed by atoms with Gasteiger partial charge in [-0.2, -0.15) is 5.10 Å². The smallest absolute Gasteiger partial charge is 0.267 e. The minimum absolute atomic E-state index is 0.152. The maximum Gasteiger partial charge on any atom is 0.271 e. The van der Waals surface area contributed by atoms with Gasteiger partial charge >= 0.3 is 0 Å². The van der Waals surface area contributed by atoms with Gasteiger partial charge in [0.2, 0.25) is 0 Å². The molecule has 2 aliphatic carbocycles. The third-order valence-electron chi connectivity index (χ3n) is 4.31. The first-order valence-electron chi connectivity index (χ1n) is 6.81. The van der Waals surface area contributed by atoms with Crippen LogP contribution in [0.5, 0.6) is 0 Å². The molecule has 1 amide bonds. The number of benzene rings is 1. The number of nitrogens with one attached hydrogen (secondary N) is 1. The van der Waals surface area contributed by atoms with E-state index in [9.17, 15) is 4.79 Å². The summed E-state index contributed by atoms with van der Waals surface area (Å²) in [6.45, 7) is 0. The Labute approximate surface area is 121 Å². The van der Waals surface area contributed by atoms with Gasteiger partial charge in [0.05, 0.1) is 0 Å². The second kappa shape index (κ2) is 5.45. The van der Waals surface area contributed by atoms with Gasteiger partial charge in [0.15, 0.2) is 0 Å². The van der Waals surface area contributed by atoms with Crippen molar-refractivity contribution in [3.05, 3.63) is 34.3 Å². The van der Waals surface area contributed by atoms with E-state index in [2.05, 4.69) is 26.5 Å². The number of nitrogens with zero attached hydrogens (tertiary/aromatic N) is 1. The van der Waals surface area contributed by atoms with Gasteiger partial charge in [-0.3, -0.25) is 4.79 Å². The highest BCUT2D eigenvalue weighted by molar-refractivity contribution is 9.10. The Hall–Kier alpha value is -1.16. The van der Waals surface area contributed by atoms with Crippen molar-refractivity contribution in [1.82, 2.24) is 5.43 Å². The van der Waals surface area contributed by atoms with Crippen molar-refractivity contribution in [3.63, 3.8) is 0 Å². The Morgan fingerprint density at radius 2 is 2.26 bits per heavy atom. The lowest BCUT2D eigenvalue weighted by atomic mass is 9.90. The van der Waals surface area contributed by atoms with Crippen molar-refractivity contribution in [1.29, 1.82) is 0 Å². The number of hydrazone groups is 1. The second-order valence-corrected chi connectivity index (χ2v) is 6.48. The highest BCUT2D eigenvalue weighted by atomic mass is 79.9. The van der Waals surface area contributed by atoms with Crippen LogP contribution in [-0.4, -0.2) is 12.1 Å². The van der Waals surface area contributed by atoms with Gasteiger partial charge in [0, 0.05) is 16.3 Å². The lowest BCUT2D eigenvalue weighted by Crippen LogP contribution is -2.20. The summed E-state index contributed by atoms with van der Waals surface area (Å²) in [5, 5.41) is 4.14. The molecule has 19 heavy (non-hydrogen) atoms. The van der Waals surface area contributed by atoms with E-state index in [1.165, 1.54) is 25.7 Å².